The molecule has 2 aromatic heterocycles. The second-order valence-corrected chi connectivity index (χ2v) is 8.83. The molecular formula is C12H16N2O3S3. The normalized spacial score (nSPS) is 13.8. The van der Waals surface area contributed by atoms with Crippen LogP contribution >= 0.6 is 23.6 Å². The number of fused-ring (bicyclic) bond motifs is 1. The lowest BCUT2D eigenvalue weighted by atomic mass is 10.2. The lowest BCUT2D eigenvalue weighted by Crippen LogP contribution is -2.29. The van der Waals surface area contributed by atoms with E-state index in [1.807, 2.05) is 13.8 Å². The molecule has 0 saturated carbocycles. The first-order chi connectivity index (χ1) is 9.11. The van der Waals surface area contributed by atoms with E-state index in [9.17, 15) is 13.2 Å². The average Bonchev–Trinajstić information content (AvgIpc) is 2.51. The van der Waals surface area contributed by atoms with E-state index in [0.717, 1.165) is 21.5 Å². The zero-order valence-electron chi connectivity index (χ0n) is 11.7. The van der Waals surface area contributed by atoms with Crippen molar-refractivity contribution in [3.05, 3.63) is 25.6 Å². The maximum absolute atomic E-state index is 12.6. The summed E-state index contributed by atoms with van der Waals surface area (Å²) in [7, 11) is -3.18. The van der Waals surface area contributed by atoms with Gasteiger partial charge in [-0.25, -0.2) is 8.42 Å². The number of aromatic nitrogens is 2. The Morgan fingerprint density at radius 2 is 2.00 bits per heavy atom. The minimum Gasteiger partial charge on any atom is -0.323 e. The maximum atomic E-state index is 12.6. The third-order valence-electron chi connectivity index (χ3n) is 3.24. The van der Waals surface area contributed by atoms with E-state index < -0.39 is 15.9 Å². The summed E-state index contributed by atoms with van der Waals surface area (Å²) in [5.41, 5.74) is 0.698. The number of hydrogen-bond acceptors (Lipinski definition) is 5. The Labute approximate surface area is 126 Å². The first-order valence-corrected chi connectivity index (χ1v) is 9.32. The van der Waals surface area contributed by atoms with E-state index in [1.165, 1.54) is 15.9 Å². The summed E-state index contributed by atoms with van der Waals surface area (Å²) in [6, 6.07) is -0.495. The van der Waals surface area contributed by atoms with Gasteiger partial charge in [0.2, 0.25) is 0 Å². The molecule has 0 aromatic carbocycles. The van der Waals surface area contributed by atoms with E-state index in [0.29, 0.717) is 5.39 Å². The zero-order valence-corrected chi connectivity index (χ0v) is 14.1. The minimum atomic E-state index is -3.18. The number of nitrogens with zero attached hydrogens (tertiary/aromatic N) is 1. The van der Waals surface area contributed by atoms with Crippen LogP contribution in [-0.4, -0.2) is 30.0 Å². The van der Waals surface area contributed by atoms with E-state index in [-0.39, 0.29) is 16.1 Å². The molecule has 0 amide bonds. The number of sulfone groups is 1. The molecule has 2 heterocycles. The van der Waals surface area contributed by atoms with Gasteiger partial charge < -0.3 is 4.98 Å². The Bertz CT molecular complexity index is 887. The molecule has 1 atom stereocenters. The lowest BCUT2D eigenvalue weighted by molar-refractivity contribution is 0.543. The molecule has 1 N–H and O–H groups in total. The van der Waals surface area contributed by atoms with Crippen molar-refractivity contribution in [1.29, 1.82) is 0 Å². The highest BCUT2D eigenvalue weighted by Crippen LogP contribution is 2.26. The summed E-state index contributed by atoms with van der Waals surface area (Å²) in [6.07, 6.45) is 1.15. The average molecular weight is 332 g/mol. The van der Waals surface area contributed by atoms with Crippen LogP contribution in [0.15, 0.2) is 4.79 Å². The predicted molar refractivity (Wildman–Crippen MR) is 85.2 cm³/mol. The Morgan fingerprint density at radius 1 is 1.40 bits per heavy atom. The molecule has 0 fully saturated rings. The molecule has 0 spiro atoms. The molecule has 1 unspecified atom stereocenters. The third-order valence-corrected chi connectivity index (χ3v) is 5.75. The van der Waals surface area contributed by atoms with Gasteiger partial charge in [0.1, 0.15) is 14.7 Å². The van der Waals surface area contributed by atoms with Crippen molar-refractivity contribution in [3.63, 3.8) is 0 Å². The Morgan fingerprint density at radius 3 is 2.55 bits per heavy atom. The van der Waals surface area contributed by atoms with Crippen LogP contribution < -0.4 is 5.56 Å². The molecule has 110 valence electrons. The Hall–Kier alpha value is -0.990. The first kappa shape index (κ1) is 15.4. The highest BCUT2D eigenvalue weighted by molar-refractivity contribution is 7.90. The van der Waals surface area contributed by atoms with Crippen LogP contribution in [0, 0.1) is 18.6 Å². The number of hydrogen-bond donors (Lipinski definition) is 1. The van der Waals surface area contributed by atoms with Gasteiger partial charge >= 0.3 is 0 Å². The fourth-order valence-corrected chi connectivity index (χ4v) is 4.76. The van der Waals surface area contributed by atoms with Gasteiger partial charge in [-0.3, -0.25) is 9.36 Å². The topological polar surface area (TPSA) is 71.9 Å². The van der Waals surface area contributed by atoms with Gasteiger partial charge in [0.25, 0.3) is 5.56 Å². The summed E-state index contributed by atoms with van der Waals surface area (Å²) < 4.78 is 24.5. The molecule has 0 aliphatic carbocycles. The van der Waals surface area contributed by atoms with Gasteiger partial charge in [-0.1, -0.05) is 0 Å². The highest BCUT2D eigenvalue weighted by atomic mass is 32.2. The number of aromatic amines is 1. The third kappa shape index (κ3) is 2.72. The fraction of sp³-hybridized carbons (Fsp3) is 0.500. The second kappa shape index (κ2) is 5.09. The monoisotopic (exact) mass is 332 g/mol. The molecule has 5 nitrogen and oxygen atoms in total. The van der Waals surface area contributed by atoms with Crippen LogP contribution in [0.2, 0.25) is 0 Å². The van der Waals surface area contributed by atoms with E-state index in [2.05, 4.69) is 4.98 Å². The van der Waals surface area contributed by atoms with Crippen molar-refractivity contribution < 1.29 is 8.42 Å². The van der Waals surface area contributed by atoms with Gasteiger partial charge in [0.15, 0.2) is 4.77 Å². The molecule has 0 aliphatic rings. The minimum absolute atomic E-state index is 0.113. The van der Waals surface area contributed by atoms with Crippen molar-refractivity contribution in [1.82, 2.24) is 9.55 Å². The predicted octanol–water partition coefficient (Wildman–Crippen LogP) is 2.34. The maximum Gasteiger partial charge on any atom is 0.263 e. The molecular weight excluding hydrogens is 316 g/mol. The molecule has 0 radical (unpaired) electrons. The van der Waals surface area contributed by atoms with Crippen molar-refractivity contribution in [2.45, 2.75) is 26.8 Å². The lowest BCUT2D eigenvalue weighted by Gasteiger charge is -2.14. The van der Waals surface area contributed by atoms with E-state index in [1.54, 1.807) is 6.92 Å². The molecule has 2 aromatic rings. The largest absolute Gasteiger partial charge is 0.323 e. The van der Waals surface area contributed by atoms with Crippen molar-refractivity contribution in [2.75, 3.05) is 12.0 Å². The van der Waals surface area contributed by atoms with Crippen LogP contribution in [0.5, 0.6) is 0 Å². The zero-order chi connectivity index (χ0) is 15.2. The van der Waals surface area contributed by atoms with Gasteiger partial charge in [-0.05, 0) is 38.6 Å². The molecule has 8 heteroatoms. The van der Waals surface area contributed by atoms with E-state index in [4.69, 9.17) is 12.2 Å². The number of nitrogens with one attached hydrogen (secondary N) is 1. The highest BCUT2D eigenvalue weighted by Gasteiger charge is 2.18. The van der Waals surface area contributed by atoms with E-state index >= 15 is 0 Å². The summed E-state index contributed by atoms with van der Waals surface area (Å²) >= 11 is 6.69. The van der Waals surface area contributed by atoms with Crippen LogP contribution in [0.25, 0.3) is 10.2 Å². The summed E-state index contributed by atoms with van der Waals surface area (Å²) in [5.74, 6) is -0.113. The standard InChI is InChI=1S/C12H16N2O3S3/c1-6(5-20(4,16)17)14-11(15)9-7(2)8(3)19-10(9)13-12(14)18/h6H,5H2,1-4H3,(H,13,18). The molecule has 0 aliphatic heterocycles. The SMILES string of the molecule is Cc1sc2[nH]c(=S)n(C(C)CS(C)(=O)=O)c(=O)c2c1C. The number of rotatable bonds is 3. The number of thiophene rings is 1. The van der Waals surface area contributed by atoms with Crippen LogP contribution in [-0.2, 0) is 9.84 Å². The quantitative estimate of drug-likeness (QED) is 0.876. The first-order valence-electron chi connectivity index (χ1n) is 6.04. The van der Waals surface area contributed by atoms with Crippen molar-refractivity contribution in [2.24, 2.45) is 0 Å². The molecule has 0 saturated heterocycles. The van der Waals surface area contributed by atoms with Gasteiger partial charge in [-0.2, -0.15) is 0 Å². The van der Waals surface area contributed by atoms with Gasteiger partial charge in [0, 0.05) is 11.1 Å². The van der Waals surface area contributed by atoms with Gasteiger partial charge in [-0.15, -0.1) is 11.3 Å². The summed E-state index contributed by atoms with van der Waals surface area (Å²) in [6.45, 7) is 5.52. The van der Waals surface area contributed by atoms with Gasteiger partial charge in [0.05, 0.1) is 17.2 Å². The second-order valence-electron chi connectivity index (χ2n) is 5.03. The number of aryl methyl sites for hydroxylation is 2. The molecule has 2 rings (SSSR count). The Balaban J connectivity index is 2.75. The van der Waals surface area contributed by atoms with Crippen LogP contribution in [0.4, 0.5) is 0 Å². The Kier molecular flexibility index (Phi) is 3.92. The molecule has 20 heavy (non-hydrogen) atoms. The smallest absolute Gasteiger partial charge is 0.263 e. The van der Waals surface area contributed by atoms with Crippen LogP contribution in [0.3, 0.4) is 0 Å². The summed E-state index contributed by atoms with van der Waals surface area (Å²) in [4.78, 5) is 17.4. The van der Waals surface area contributed by atoms with Crippen molar-refractivity contribution >= 4 is 43.6 Å². The fourth-order valence-electron chi connectivity index (χ4n) is 2.26. The van der Waals surface area contributed by atoms with Crippen molar-refractivity contribution in [3.8, 4) is 0 Å². The van der Waals surface area contributed by atoms with Crippen LogP contribution in [0.1, 0.15) is 23.4 Å². The summed E-state index contributed by atoms with van der Waals surface area (Å²) in [5, 5.41) is 0.599. The molecule has 0 bridgehead atoms. The number of H-pyrrole nitrogens is 1.